The van der Waals surface area contributed by atoms with Crippen molar-refractivity contribution in [3.63, 3.8) is 0 Å². The number of rotatable bonds is 3. The molecule has 22 heavy (non-hydrogen) atoms. The Morgan fingerprint density at radius 1 is 1.36 bits per heavy atom. The lowest BCUT2D eigenvalue weighted by atomic mass is 10.1. The number of aliphatic hydroxyl groups excluding tert-OH is 1. The minimum atomic E-state index is -4.42. The van der Waals surface area contributed by atoms with Crippen LogP contribution in [0.5, 0.6) is 0 Å². The summed E-state index contributed by atoms with van der Waals surface area (Å²) >= 11 is 0. The van der Waals surface area contributed by atoms with Crippen molar-refractivity contribution in [3.05, 3.63) is 52.5 Å². The summed E-state index contributed by atoms with van der Waals surface area (Å²) in [6.07, 6.45) is -5.50. The van der Waals surface area contributed by atoms with Crippen LogP contribution in [0.2, 0.25) is 0 Å². The number of hydrogen-bond donors (Lipinski definition) is 2. The topological polar surface area (TPSA) is 68.4 Å². The Morgan fingerprint density at radius 3 is 2.41 bits per heavy atom. The lowest BCUT2D eigenvalue weighted by molar-refractivity contribution is -0.137. The first-order valence-electron chi connectivity index (χ1n) is 6.29. The molecule has 2 rings (SSSR count). The van der Waals surface area contributed by atoms with Gasteiger partial charge in [0.1, 0.15) is 5.82 Å². The number of nitrogens with two attached hydrogens (primary N) is 1. The summed E-state index contributed by atoms with van der Waals surface area (Å²) in [6.45, 7) is 8.56. The predicted molar refractivity (Wildman–Crippen MR) is 74.0 cm³/mol. The van der Waals surface area contributed by atoms with E-state index < -0.39 is 17.8 Å². The van der Waals surface area contributed by atoms with Crippen LogP contribution >= 0.6 is 0 Å². The van der Waals surface area contributed by atoms with Crippen molar-refractivity contribution in [1.82, 2.24) is 9.78 Å². The zero-order valence-corrected chi connectivity index (χ0v) is 11.6. The third-order valence-electron chi connectivity index (χ3n) is 3.21. The average molecular weight is 310 g/mol. The summed E-state index contributed by atoms with van der Waals surface area (Å²) in [4.78, 5) is 3.24. The van der Waals surface area contributed by atoms with Crippen LogP contribution in [0.1, 0.15) is 22.9 Å². The molecule has 5 nitrogen and oxygen atoms in total. The van der Waals surface area contributed by atoms with Crippen LogP contribution in [0.4, 0.5) is 24.7 Å². The number of anilines is 1. The van der Waals surface area contributed by atoms with Gasteiger partial charge in [0.25, 0.3) is 0 Å². The third-order valence-corrected chi connectivity index (χ3v) is 3.21. The molecule has 0 bridgehead atoms. The molecule has 8 heteroatoms. The maximum absolute atomic E-state index is 12.5. The smallest absolute Gasteiger partial charge is 0.393 e. The van der Waals surface area contributed by atoms with Crippen molar-refractivity contribution >= 4 is 11.5 Å². The Hall–Kier alpha value is -2.53. The molecule has 0 amide bonds. The highest BCUT2D eigenvalue weighted by Gasteiger charge is 2.30. The fourth-order valence-corrected chi connectivity index (χ4v) is 2.03. The van der Waals surface area contributed by atoms with Crippen molar-refractivity contribution in [1.29, 1.82) is 0 Å². The lowest BCUT2D eigenvalue weighted by Gasteiger charge is -2.14. The van der Waals surface area contributed by atoms with E-state index in [1.54, 1.807) is 6.92 Å². The number of nitrogen functional groups attached to an aromatic ring is 1. The number of aryl methyl sites for hydroxylation is 1. The Morgan fingerprint density at radius 2 is 1.95 bits per heavy atom. The van der Waals surface area contributed by atoms with E-state index in [0.29, 0.717) is 11.3 Å². The number of hydrogen-bond acceptors (Lipinski definition) is 3. The Labute approximate surface area is 124 Å². The largest absolute Gasteiger partial charge is 0.416 e. The van der Waals surface area contributed by atoms with Gasteiger partial charge in [0.05, 0.1) is 30.5 Å². The lowest BCUT2D eigenvalue weighted by Crippen LogP contribution is -2.13. The van der Waals surface area contributed by atoms with Crippen LogP contribution in [-0.2, 0) is 12.7 Å². The molecule has 0 saturated heterocycles. The van der Waals surface area contributed by atoms with E-state index in [1.807, 2.05) is 0 Å². The molecule has 0 spiro atoms. The van der Waals surface area contributed by atoms with Crippen LogP contribution in [-0.4, -0.2) is 14.9 Å². The summed E-state index contributed by atoms with van der Waals surface area (Å²) < 4.78 is 38.7. The molecule has 0 aliphatic heterocycles. The van der Waals surface area contributed by atoms with E-state index in [4.69, 9.17) is 12.3 Å². The molecule has 1 aromatic heterocycles. The maximum atomic E-state index is 12.5. The number of aliphatic hydroxyl groups is 1. The number of nitrogens with zero attached hydrogens (tertiary/aromatic N) is 3. The van der Waals surface area contributed by atoms with Crippen molar-refractivity contribution < 1.29 is 18.3 Å². The molecular weight excluding hydrogens is 297 g/mol. The van der Waals surface area contributed by atoms with Gasteiger partial charge in [0.15, 0.2) is 0 Å². The third kappa shape index (κ3) is 3.04. The van der Waals surface area contributed by atoms with E-state index >= 15 is 0 Å². The molecule has 0 radical (unpaired) electrons. The fraction of sp³-hybridized carbons (Fsp3) is 0.286. The molecule has 0 aliphatic rings. The second-order valence-electron chi connectivity index (χ2n) is 4.75. The molecule has 0 fully saturated rings. The first-order chi connectivity index (χ1) is 10.2. The molecule has 1 atom stereocenters. The molecule has 1 aromatic carbocycles. The zero-order valence-electron chi connectivity index (χ0n) is 11.6. The van der Waals surface area contributed by atoms with Crippen molar-refractivity contribution in [2.45, 2.75) is 25.7 Å². The highest BCUT2D eigenvalue weighted by atomic mass is 19.4. The van der Waals surface area contributed by atoms with E-state index in [1.165, 1.54) is 16.8 Å². The molecule has 0 aliphatic carbocycles. The number of halogens is 3. The number of aromatic nitrogens is 2. The van der Waals surface area contributed by atoms with Crippen LogP contribution in [0, 0.1) is 13.5 Å². The Bertz CT molecular complexity index is 713. The summed E-state index contributed by atoms with van der Waals surface area (Å²) in [5.74, 6) is 0.124. The SMILES string of the molecule is [C-]#[N+]c1c(C)nn(CC(O)c2ccc(C(F)(F)F)cc2)c1N. The second kappa shape index (κ2) is 5.69. The molecule has 1 unspecified atom stereocenters. The normalized spacial score (nSPS) is 12.9. The van der Waals surface area contributed by atoms with Crippen LogP contribution in [0.25, 0.3) is 4.85 Å². The average Bonchev–Trinajstić information content (AvgIpc) is 2.72. The van der Waals surface area contributed by atoms with Gasteiger partial charge in [0, 0.05) is 0 Å². The van der Waals surface area contributed by atoms with Gasteiger partial charge in [-0.3, -0.25) is 4.68 Å². The molecule has 1 heterocycles. The number of benzene rings is 1. The molecule has 3 N–H and O–H groups in total. The van der Waals surface area contributed by atoms with Gasteiger partial charge in [0.2, 0.25) is 5.69 Å². The summed E-state index contributed by atoms with van der Waals surface area (Å²) in [5, 5.41) is 14.1. The summed E-state index contributed by atoms with van der Waals surface area (Å²) in [7, 11) is 0. The molecule has 116 valence electrons. The van der Waals surface area contributed by atoms with Crippen molar-refractivity contribution in [3.8, 4) is 0 Å². The van der Waals surface area contributed by atoms with Crippen LogP contribution in [0.3, 0.4) is 0 Å². The van der Waals surface area contributed by atoms with Gasteiger partial charge in [-0.2, -0.15) is 18.3 Å². The van der Waals surface area contributed by atoms with Crippen molar-refractivity contribution in [2.75, 3.05) is 5.73 Å². The van der Waals surface area contributed by atoms with E-state index in [2.05, 4.69) is 9.94 Å². The summed E-state index contributed by atoms with van der Waals surface area (Å²) in [6, 6.07) is 4.22. The van der Waals surface area contributed by atoms with Gasteiger partial charge in [-0.15, -0.1) is 0 Å². The predicted octanol–water partition coefficient (Wildman–Crippen LogP) is 3.08. The highest BCUT2D eigenvalue weighted by Crippen LogP contribution is 2.31. The number of alkyl halides is 3. The Kier molecular flexibility index (Phi) is 4.10. The van der Waals surface area contributed by atoms with E-state index in [0.717, 1.165) is 12.1 Å². The quantitative estimate of drug-likeness (QED) is 0.856. The zero-order chi connectivity index (χ0) is 16.5. The standard InChI is InChI=1S/C14H13F3N4O/c1-8-12(19-2)13(18)21(20-8)7-11(22)9-3-5-10(6-4-9)14(15,16)17/h3-6,11,22H,7,18H2,1H3. The van der Waals surface area contributed by atoms with E-state index in [-0.39, 0.29) is 18.1 Å². The minimum absolute atomic E-state index is 0.0481. The molecule has 2 aromatic rings. The second-order valence-corrected chi connectivity index (χ2v) is 4.75. The monoisotopic (exact) mass is 310 g/mol. The van der Waals surface area contributed by atoms with E-state index in [9.17, 15) is 18.3 Å². The summed E-state index contributed by atoms with van der Waals surface area (Å²) in [5.41, 5.74) is 5.92. The Balaban J connectivity index is 2.20. The molecule has 0 saturated carbocycles. The van der Waals surface area contributed by atoms with Crippen LogP contribution < -0.4 is 5.73 Å². The highest BCUT2D eigenvalue weighted by molar-refractivity contribution is 5.66. The maximum Gasteiger partial charge on any atom is 0.416 e. The first-order valence-corrected chi connectivity index (χ1v) is 6.29. The van der Waals surface area contributed by atoms with Gasteiger partial charge in [-0.05, 0) is 24.6 Å². The minimum Gasteiger partial charge on any atom is -0.393 e. The van der Waals surface area contributed by atoms with Gasteiger partial charge in [-0.25, -0.2) is 4.85 Å². The van der Waals surface area contributed by atoms with Crippen molar-refractivity contribution in [2.24, 2.45) is 0 Å². The molecular formula is C14H13F3N4O. The van der Waals surface area contributed by atoms with Crippen LogP contribution in [0.15, 0.2) is 24.3 Å². The van der Waals surface area contributed by atoms with Gasteiger partial charge >= 0.3 is 6.18 Å². The fourth-order valence-electron chi connectivity index (χ4n) is 2.03. The van der Waals surface area contributed by atoms with Gasteiger partial charge in [-0.1, -0.05) is 12.1 Å². The van der Waals surface area contributed by atoms with Gasteiger partial charge < -0.3 is 10.8 Å². The first kappa shape index (κ1) is 15.9.